The lowest BCUT2D eigenvalue weighted by Crippen LogP contribution is -2.48. The van der Waals surface area contributed by atoms with Crippen LogP contribution in [0.1, 0.15) is 18.4 Å². The van der Waals surface area contributed by atoms with Crippen LogP contribution in [-0.2, 0) is 21.2 Å². The van der Waals surface area contributed by atoms with Gasteiger partial charge in [-0.25, -0.2) is 8.42 Å². The number of nitrogens with zero attached hydrogens (tertiary/aromatic N) is 3. The summed E-state index contributed by atoms with van der Waals surface area (Å²) in [7, 11) is -3.56. The van der Waals surface area contributed by atoms with E-state index in [1.165, 1.54) is 0 Å². The number of rotatable bonds is 4. The average Bonchev–Trinajstić information content (AvgIpc) is 3.52. The molecule has 0 spiro atoms. The maximum Gasteiger partial charge on any atom is 0.243 e. The Morgan fingerprint density at radius 1 is 0.967 bits per heavy atom. The van der Waals surface area contributed by atoms with Crippen molar-refractivity contribution in [1.82, 2.24) is 4.31 Å². The zero-order valence-electron chi connectivity index (χ0n) is 16.6. The Bertz CT molecular complexity index is 1090. The van der Waals surface area contributed by atoms with E-state index in [1.807, 2.05) is 29.2 Å². The van der Waals surface area contributed by atoms with Crippen molar-refractivity contribution in [3.8, 4) is 0 Å². The van der Waals surface area contributed by atoms with Gasteiger partial charge in [-0.3, -0.25) is 4.79 Å². The highest BCUT2D eigenvalue weighted by Crippen LogP contribution is 2.37. The summed E-state index contributed by atoms with van der Waals surface area (Å²) in [6.07, 6.45) is 2.65. The van der Waals surface area contributed by atoms with E-state index >= 15 is 0 Å². The molecular weight excluding hydrogens is 422 g/mol. The average molecular weight is 446 g/mol. The van der Waals surface area contributed by atoms with Gasteiger partial charge in [0, 0.05) is 55.0 Å². The van der Waals surface area contributed by atoms with Gasteiger partial charge in [0.1, 0.15) is 0 Å². The van der Waals surface area contributed by atoms with Crippen LogP contribution in [0.2, 0.25) is 5.02 Å². The summed E-state index contributed by atoms with van der Waals surface area (Å²) >= 11 is 6.08. The molecule has 0 N–H and O–H groups in total. The van der Waals surface area contributed by atoms with Crippen LogP contribution in [0.15, 0.2) is 47.4 Å². The third-order valence-corrected chi connectivity index (χ3v) is 8.32. The second kappa shape index (κ2) is 7.55. The smallest absolute Gasteiger partial charge is 0.243 e. The van der Waals surface area contributed by atoms with E-state index in [1.54, 1.807) is 22.5 Å². The molecule has 3 aliphatic rings. The van der Waals surface area contributed by atoms with E-state index < -0.39 is 10.0 Å². The van der Waals surface area contributed by atoms with Crippen molar-refractivity contribution >= 4 is 38.9 Å². The standard InChI is InChI=1S/C22H24ClN3O3S/c23-18-2-1-3-19(15-18)24-10-12-25(13-11-24)30(28,29)20-6-7-21-17(14-20)8-9-26(21)22(27)16-4-5-16/h1-3,6-7,14-16H,4-5,8-13H2. The zero-order valence-corrected chi connectivity index (χ0v) is 18.2. The largest absolute Gasteiger partial charge is 0.369 e. The summed E-state index contributed by atoms with van der Waals surface area (Å²) in [6.45, 7) is 2.74. The van der Waals surface area contributed by atoms with Gasteiger partial charge in [0.25, 0.3) is 0 Å². The maximum atomic E-state index is 13.2. The van der Waals surface area contributed by atoms with Crippen molar-refractivity contribution in [3.05, 3.63) is 53.1 Å². The number of hydrogen-bond donors (Lipinski definition) is 0. The number of halogens is 1. The molecule has 158 valence electrons. The van der Waals surface area contributed by atoms with Gasteiger partial charge in [0.2, 0.25) is 15.9 Å². The second-order valence-electron chi connectivity index (χ2n) is 8.18. The molecule has 2 fully saturated rings. The number of carbonyl (C=O) groups is 1. The summed E-state index contributed by atoms with van der Waals surface area (Å²) < 4.78 is 28.0. The van der Waals surface area contributed by atoms with Gasteiger partial charge in [-0.2, -0.15) is 4.31 Å². The van der Waals surface area contributed by atoms with Gasteiger partial charge in [0.05, 0.1) is 4.90 Å². The van der Waals surface area contributed by atoms with Crippen LogP contribution in [0.5, 0.6) is 0 Å². The summed E-state index contributed by atoms with van der Waals surface area (Å²) in [5, 5.41) is 0.676. The highest BCUT2D eigenvalue weighted by molar-refractivity contribution is 7.89. The van der Waals surface area contributed by atoms with E-state index in [4.69, 9.17) is 11.6 Å². The topological polar surface area (TPSA) is 60.9 Å². The molecule has 1 saturated carbocycles. The van der Waals surface area contributed by atoms with Crippen LogP contribution in [0, 0.1) is 5.92 Å². The van der Waals surface area contributed by atoms with Crippen LogP contribution in [0.3, 0.4) is 0 Å². The molecule has 2 aromatic carbocycles. The summed E-state index contributed by atoms with van der Waals surface area (Å²) in [5.74, 6) is 0.344. The molecule has 5 rings (SSSR count). The maximum absolute atomic E-state index is 13.2. The fraction of sp³-hybridized carbons (Fsp3) is 0.409. The molecule has 6 nitrogen and oxygen atoms in total. The molecule has 2 heterocycles. The van der Waals surface area contributed by atoms with Crippen molar-refractivity contribution < 1.29 is 13.2 Å². The first kappa shape index (κ1) is 19.8. The number of anilines is 2. The Balaban J connectivity index is 1.31. The number of benzene rings is 2. The van der Waals surface area contributed by atoms with E-state index in [0.29, 0.717) is 49.1 Å². The predicted molar refractivity (Wildman–Crippen MR) is 118 cm³/mol. The van der Waals surface area contributed by atoms with E-state index in [9.17, 15) is 13.2 Å². The van der Waals surface area contributed by atoms with E-state index in [2.05, 4.69) is 4.90 Å². The quantitative estimate of drug-likeness (QED) is 0.725. The third-order valence-electron chi connectivity index (χ3n) is 6.19. The van der Waals surface area contributed by atoms with Crippen molar-refractivity contribution in [2.24, 2.45) is 5.92 Å². The van der Waals surface area contributed by atoms with Gasteiger partial charge in [0.15, 0.2) is 0 Å². The number of carbonyl (C=O) groups excluding carboxylic acids is 1. The van der Waals surface area contributed by atoms with E-state index in [-0.39, 0.29) is 11.8 Å². The Morgan fingerprint density at radius 2 is 1.73 bits per heavy atom. The number of hydrogen-bond acceptors (Lipinski definition) is 4. The van der Waals surface area contributed by atoms with Crippen LogP contribution in [-0.4, -0.2) is 51.4 Å². The Hall–Kier alpha value is -2.09. The minimum absolute atomic E-state index is 0.162. The number of amides is 1. The molecule has 30 heavy (non-hydrogen) atoms. The first-order chi connectivity index (χ1) is 14.4. The molecule has 0 atom stereocenters. The van der Waals surface area contributed by atoms with Crippen LogP contribution < -0.4 is 9.80 Å². The molecule has 0 radical (unpaired) electrons. The van der Waals surface area contributed by atoms with E-state index in [0.717, 1.165) is 29.8 Å². The van der Waals surface area contributed by atoms with Crippen molar-refractivity contribution in [3.63, 3.8) is 0 Å². The SMILES string of the molecule is O=C(C1CC1)N1CCc2cc(S(=O)(=O)N3CCN(c4cccc(Cl)c4)CC3)ccc21. The van der Waals surface area contributed by atoms with Gasteiger partial charge in [-0.05, 0) is 61.2 Å². The first-order valence-electron chi connectivity index (χ1n) is 10.4. The molecule has 1 saturated heterocycles. The lowest BCUT2D eigenvalue weighted by Gasteiger charge is -2.35. The molecule has 0 unspecified atom stereocenters. The zero-order chi connectivity index (χ0) is 20.9. The third kappa shape index (κ3) is 3.59. The minimum Gasteiger partial charge on any atom is -0.369 e. The molecule has 2 aromatic rings. The van der Waals surface area contributed by atoms with Crippen LogP contribution >= 0.6 is 11.6 Å². The van der Waals surface area contributed by atoms with Crippen molar-refractivity contribution in [2.75, 3.05) is 42.5 Å². The summed E-state index contributed by atoms with van der Waals surface area (Å²) in [4.78, 5) is 16.8. The predicted octanol–water partition coefficient (Wildman–Crippen LogP) is 3.15. The number of fused-ring (bicyclic) bond motifs is 1. The molecule has 1 aliphatic carbocycles. The Kier molecular flexibility index (Phi) is 5.00. The van der Waals surface area contributed by atoms with Crippen LogP contribution in [0.4, 0.5) is 11.4 Å². The van der Waals surface area contributed by atoms with Crippen molar-refractivity contribution in [1.29, 1.82) is 0 Å². The Labute approximate surface area is 182 Å². The monoisotopic (exact) mass is 445 g/mol. The fourth-order valence-electron chi connectivity index (χ4n) is 4.33. The molecule has 0 bridgehead atoms. The number of piperazine rings is 1. The molecule has 2 aliphatic heterocycles. The van der Waals surface area contributed by atoms with Gasteiger partial charge in [-0.1, -0.05) is 17.7 Å². The van der Waals surface area contributed by atoms with Gasteiger partial charge >= 0.3 is 0 Å². The number of sulfonamides is 1. The lowest BCUT2D eigenvalue weighted by atomic mass is 10.2. The normalized spacial score (nSPS) is 19.8. The molecule has 1 amide bonds. The first-order valence-corrected chi connectivity index (χ1v) is 12.2. The molecule has 0 aromatic heterocycles. The Morgan fingerprint density at radius 3 is 2.43 bits per heavy atom. The van der Waals surface area contributed by atoms with Gasteiger partial charge < -0.3 is 9.80 Å². The molecular formula is C22H24ClN3O3S. The fourth-order valence-corrected chi connectivity index (χ4v) is 5.98. The second-order valence-corrected chi connectivity index (χ2v) is 10.6. The highest BCUT2D eigenvalue weighted by atomic mass is 35.5. The van der Waals surface area contributed by atoms with Gasteiger partial charge in [-0.15, -0.1) is 0 Å². The summed E-state index contributed by atoms with van der Waals surface area (Å²) in [6, 6.07) is 12.8. The lowest BCUT2D eigenvalue weighted by molar-refractivity contribution is -0.119. The summed E-state index contributed by atoms with van der Waals surface area (Å²) in [5.41, 5.74) is 2.83. The molecule has 8 heteroatoms. The van der Waals surface area contributed by atoms with Crippen LogP contribution in [0.25, 0.3) is 0 Å². The highest BCUT2D eigenvalue weighted by Gasteiger charge is 2.37. The van der Waals surface area contributed by atoms with Crippen molar-refractivity contribution in [2.45, 2.75) is 24.2 Å². The minimum atomic E-state index is -3.56.